The van der Waals surface area contributed by atoms with E-state index in [-0.39, 0.29) is 12.4 Å². The van der Waals surface area contributed by atoms with E-state index in [0.29, 0.717) is 11.5 Å². The largest absolute Gasteiger partial charge is 0.502 e. The van der Waals surface area contributed by atoms with Crippen molar-refractivity contribution < 1.29 is 19.7 Å². The van der Waals surface area contributed by atoms with Crippen LogP contribution in [0.4, 0.5) is 0 Å². The number of ether oxygens (including phenoxy) is 2. The van der Waals surface area contributed by atoms with Gasteiger partial charge in [-0.05, 0) is 37.0 Å². The van der Waals surface area contributed by atoms with E-state index < -0.39 is 0 Å². The lowest BCUT2D eigenvalue weighted by Gasteiger charge is -2.09. The molecular weight excluding hydrogens is 232 g/mol. The third kappa shape index (κ3) is 3.96. The van der Waals surface area contributed by atoms with Crippen LogP contribution in [0.15, 0.2) is 18.2 Å². The lowest BCUT2D eigenvalue weighted by Crippen LogP contribution is -1.90. The number of unbranched alkanes of at least 4 members (excludes halogenated alkanes) is 2. The number of phenolic OH excluding ortho intramolecular Hbond substituents is 1. The molecule has 4 nitrogen and oxygen atoms in total. The lowest BCUT2D eigenvalue weighted by molar-refractivity contribution is 0.285. The summed E-state index contributed by atoms with van der Waals surface area (Å²) in [6.45, 7) is 0.231. The number of methoxy groups -OCH3 is 2. The van der Waals surface area contributed by atoms with Crippen LogP contribution in [-0.4, -0.2) is 31.0 Å². The smallest absolute Gasteiger partial charge is 0.200 e. The van der Waals surface area contributed by atoms with E-state index in [1.54, 1.807) is 12.1 Å². The highest BCUT2D eigenvalue weighted by Gasteiger charge is 2.09. The molecule has 0 atom stereocenters. The number of hydrogen-bond acceptors (Lipinski definition) is 4. The van der Waals surface area contributed by atoms with Gasteiger partial charge in [0.1, 0.15) is 0 Å². The summed E-state index contributed by atoms with van der Waals surface area (Å²) in [6, 6.07) is 3.50. The zero-order valence-electron chi connectivity index (χ0n) is 10.8. The third-order valence-corrected chi connectivity index (χ3v) is 2.59. The predicted octanol–water partition coefficient (Wildman–Crippen LogP) is 2.59. The van der Waals surface area contributed by atoms with Gasteiger partial charge in [0.05, 0.1) is 14.2 Å². The number of benzene rings is 1. The monoisotopic (exact) mass is 252 g/mol. The van der Waals surface area contributed by atoms with Gasteiger partial charge in [-0.1, -0.05) is 12.2 Å². The van der Waals surface area contributed by atoms with Crippen LogP contribution < -0.4 is 9.47 Å². The van der Waals surface area contributed by atoms with Crippen molar-refractivity contribution in [3.63, 3.8) is 0 Å². The summed E-state index contributed by atoms with van der Waals surface area (Å²) in [4.78, 5) is 0. The van der Waals surface area contributed by atoms with Gasteiger partial charge in [0, 0.05) is 6.61 Å². The Kier molecular flexibility index (Phi) is 6.08. The highest BCUT2D eigenvalue weighted by atomic mass is 16.5. The molecule has 0 fully saturated rings. The molecule has 0 saturated heterocycles. The molecule has 4 heteroatoms. The quantitative estimate of drug-likeness (QED) is 0.732. The van der Waals surface area contributed by atoms with Gasteiger partial charge >= 0.3 is 0 Å². The van der Waals surface area contributed by atoms with Gasteiger partial charge in [-0.2, -0.15) is 0 Å². The van der Waals surface area contributed by atoms with E-state index in [2.05, 4.69) is 0 Å². The van der Waals surface area contributed by atoms with Crippen molar-refractivity contribution in [1.29, 1.82) is 0 Å². The Balaban J connectivity index is 2.76. The zero-order chi connectivity index (χ0) is 13.4. The first-order valence-corrected chi connectivity index (χ1v) is 5.95. The van der Waals surface area contributed by atoms with Gasteiger partial charge in [0.15, 0.2) is 11.5 Å². The molecule has 1 rings (SSSR count). The summed E-state index contributed by atoms with van der Waals surface area (Å²) >= 11 is 0. The summed E-state index contributed by atoms with van der Waals surface area (Å²) in [5.41, 5.74) is 0.908. The molecule has 0 spiro atoms. The van der Waals surface area contributed by atoms with Crippen LogP contribution in [-0.2, 0) is 0 Å². The fourth-order valence-corrected chi connectivity index (χ4v) is 1.60. The van der Waals surface area contributed by atoms with E-state index >= 15 is 0 Å². The van der Waals surface area contributed by atoms with Crippen LogP contribution in [0.5, 0.6) is 17.2 Å². The normalized spacial score (nSPS) is 10.8. The molecule has 2 N–H and O–H groups in total. The molecule has 0 aromatic heterocycles. The van der Waals surface area contributed by atoms with Crippen molar-refractivity contribution >= 4 is 6.08 Å². The van der Waals surface area contributed by atoms with Gasteiger partial charge < -0.3 is 19.7 Å². The Hall–Kier alpha value is -1.68. The molecule has 18 heavy (non-hydrogen) atoms. The molecule has 0 heterocycles. The third-order valence-electron chi connectivity index (χ3n) is 2.59. The van der Waals surface area contributed by atoms with Gasteiger partial charge in [0.25, 0.3) is 0 Å². The predicted molar refractivity (Wildman–Crippen MR) is 71.2 cm³/mol. The number of aliphatic hydroxyl groups is 1. The van der Waals surface area contributed by atoms with Crippen molar-refractivity contribution in [2.24, 2.45) is 0 Å². The van der Waals surface area contributed by atoms with E-state index in [4.69, 9.17) is 14.6 Å². The van der Waals surface area contributed by atoms with Gasteiger partial charge in [-0.15, -0.1) is 0 Å². The molecule has 100 valence electrons. The van der Waals surface area contributed by atoms with Crippen LogP contribution in [0.3, 0.4) is 0 Å². The highest BCUT2D eigenvalue weighted by molar-refractivity contribution is 5.61. The average molecular weight is 252 g/mol. The van der Waals surface area contributed by atoms with Gasteiger partial charge in [0.2, 0.25) is 5.75 Å². The summed E-state index contributed by atoms with van der Waals surface area (Å²) in [7, 11) is 3.01. The van der Waals surface area contributed by atoms with Crippen molar-refractivity contribution in [2.45, 2.75) is 19.3 Å². The first kappa shape index (κ1) is 14.4. The molecule has 0 saturated carbocycles. The number of phenols is 1. The molecule has 0 aliphatic rings. The van der Waals surface area contributed by atoms with Crippen LogP contribution in [0.2, 0.25) is 0 Å². The average Bonchev–Trinajstić information content (AvgIpc) is 2.40. The Morgan fingerprint density at radius 1 is 1.11 bits per heavy atom. The molecule has 1 aromatic carbocycles. The molecule has 0 amide bonds. The van der Waals surface area contributed by atoms with E-state index in [1.165, 1.54) is 14.2 Å². The first-order valence-electron chi connectivity index (χ1n) is 5.95. The number of aromatic hydroxyl groups is 1. The van der Waals surface area contributed by atoms with Crippen LogP contribution in [0.1, 0.15) is 24.8 Å². The molecule has 0 aliphatic heterocycles. The standard InChI is InChI=1S/C14H20O4/c1-17-12-9-11(7-5-3-4-6-8-15)10-13(18-2)14(12)16/h5,7,9-10,15-16H,3-4,6,8H2,1-2H3/b7-5+. The molecule has 0 bridgehead atoms. The molecule has 0 aliphatic carbocycles. The summed E-state index contributed by atoms with van der Waals surface area (Å²) < 4.78 is 10.2. The van der Waals surface area contributed by atoms with Gasteiger partial charge in [-0.25, -0.2) is 0 Å². The van der Waals surface area contributed by atoms with Crippen molar-refractivity contribution in [3.05, 3.63) is 23.8 Å². The van der Waals surface area contributed by atoms with Crippen molar-refractivity contribution in [3.8, 4) is 17.2 Å². The summed E-state index contributed by atoms with van der Waals surface area (Å²) in [6.07, 6.45) is 6.65. The minimum Gasteiger partial charge on any atom is -0.502 e. The molecular formula is C14H20O4. The molecule has 1 aromatic rings. The maximum atomic E-state index is 9.75. The maximum absolute atomic E-state index is 9.75. The van der Waals surface area contributed by atoms with Gasteiger partial charge in [-0.3, -0.25) is 0 Å². The van der Waals surface area contributed by atoms with Crippen LogP contribution in [0.25, 0.3) is 6.08 Å². The number of hydrogen-bond donors (Lipinski definition) is 2. The van der Waals surface area contributed by atoms with Crippen LogP contribution in [0, 0.1) is 0 Å². The SMILES string of the molecule is COc1cc(/C=C/CCCCO)cc(OC)c1O. The number of aliphatic hydroxyl groups excluding tert-OH is 1. The van der Waals surface area contributed by atoms with E-state index in [9.17, 15) is 5.11 Å². The Labute approximate surface area is 107 Å². The van der Waals surface area contributed by atoms with E-state index in [1.807, 2.05) is 12.2 Å². The summed E-state index contributed by atoms with van der Waals surface area (Å²) in [5, 5.41) is 18.4. The summed E-state index contributed by atoms with van der Waals surface area (Å²) in [5.74, 6) is 0.797. The maximum Gasteiger partial charge on any atom is 0.200 e. The molecule has 0 unspecified atom stereocenters. The second kappa shape index (κ2) is 7.61. The lowest BCUT2D eigenvalue weighted by atomic mass is 10.1. The van der Waals surface area contributed by atoms with Crippen molar-refractivity contribution in [1.82, 2.24) is 0 Å². The topological polar surface area (TPSA) is 58.9 Å². The second-order valence-corrected chi connectivity index (χ2v) is 3.90. The number of allylic oxidation sites excluding steroid dienone is 1. The highest BCUT2D eigenvalue weighted by Crippen LogP contribution is 2.37. The number of rotatable bonds is 7. The first-order chi connectivity index (χ1) is 8.72. The fourth-order valence-electron chi connectivity index (χ4n) is 1.60. The zero-order valence-corrected chi connectivity index (χ0v) is 10.8. The second-order valence-electron chi connectivity index (χ2n) is 3.90. The van der Waals surface area contributed by atoms with Crippen LogP contribution >= 0.6 is 0 Å². The van der Waals surface area contributed by atoms with E-state index in [0.717, 1.165) is 24.8 Å². The minimum absolute atomic E-state index is 0.0115. The Morgan fingerprint density at radius 3 is 2.22 bits per heavy atom. The van der Waals surface area contributed by atoms with Crippen molar-refractivity contribution in [2.75, 3.05) is 20.8 Å². The Morgan fingerprint density at radius 2 is 1.72 bits per heavy atom. The Bertz CT molecular complexity index is 374. The minimum atomic E-state index is 0.0115. The molecule has 0 radical (unpaired) electrons. The fraction of sp³-hybridized carbons (Fsp3) is 0.429.